The van der Waals surface area contributed by atoms with Crippen LogP contribution in [0.5, 0.6) is 0 Å². The molecule has 2 aromatic rings. The van der Waals surface area contributed by atoms with E-state index in [1.165, 1.54) is 0 Å². The summed E-state index contributed by atoms with van der Waals surface area (Å²) in [4.78, 5) is 15.8. The molecule has 1 aromatic carbocycles. The van der Waals surface area contributed by atoms with Gasteiger partial charge in [0.15, 0.2) is 6.23 Å². The molecule has 1 aromatic heterocycles. The van der Waals surface area contributed by atoms with Crippen LogP contribution in [0.1, 0.15) is 50.3 Å². The number of benzene rings is 1. The van der Waals surface area contributed by atoms with E-state index in [1.54, 1.807) is 6.20 Å². The fraction of sp³-hybridized carbons (Fsp3) is 0.615. The fourth-order valence-electron chi connectivity index (χ4n) is 6.02. The second-order valence-corrected chi connectivity index (χ2v) is 10.8. The minimum atomic E-state index is -2.63. The first-order valence-electron chi connectivity index (χ1n) is 13.0. The van der Waals surface area contributed by atoms with E-state index in [-0.39, 0.29) is 31.0 Å². The Hall–Kier alpha value is -2.56. The van der Waals surface area contributed by atoms with E-state index in [0.29, 0.717) is 24.6 Å². The smallest absolute Gasteiger partial charge is 0.252 e. The summed E-state index contributed by atoms with van der Waals surface area (Å²) in [6.07, 6.45) is 2.91. The molecule has 6 rings (SSSR count). The minimum absolute atomic E-state index is 0.0124. The van der Waals surface area contributed by atoms with Crippen molar-refractivity contribution in [3.63, 3.8) is 0 Å². The van der Waals surface area contributed by atoms with Gasteiger partial charge in [0, 0.05) is 74.1 Å². The number of fused-ring (bicyclic) bond motifs is 3. The van der Waals surface area contributed by atoms with Gasteiger partial charge in [0.25, 0.3) is 5.92 Å². The average molecular weight is 501 g/mol. The molecule has 8 nitrogen and oxygen atoms in total. The van der Waals surface area contributed by atoms with Gasteiger partial charge in [-0.05, 0) is 50.4 Å². The number of nitrogens with one attached hydrogen (secondary N) is 1. The molecule has 3 heterocycles. The molecule has 0 spiro atoms. The summed E-state index contributed by atoms with van der Waals surface area (Å²) >= 11 is 0. The van der Waals surface area contributed by atoms with Gasteiger partial charge >= 0.3 is 0 Å². The van der Waals surface area contributed by atoms with Crippen molar-refractivity contribution in [2.75, 3.05) is 48.3 Å². The summed E-state index contributed by atoms with van der Waals surface area (Å²) < 4.78 is 26.7. The Kier molecular flexibility index (Phi) is 6.00. The zero-order valence-electron chi connectivity index (χ0n) is 20.6. The van der Waals surface area contributed by atoms with Gasteiger partial charge in [-0.1, -0.05) is 6.07 Å². The number of aromatic nitrogens is 2. The maximum atomic E-state index is 13.4. The highest BCUT2D eigenvalue weighted by atomic mass is 19.3. The third-order valence-electron chi connectivity index (χ3n) is 8.23. The number of likely N-dealkylation sites (N-methyl/N-ethyl adjacent to an activating group) is 1. The lowest BCUT2D eigenvalue weighted by atomic mass is 9.87. The summed E-state index contributed by atoms with van der Waals surface area (Å²) in [5, 5.41) is 24.8. The van der Waals surface area contributed by atoms with Crippen molar-refractivity contribution in [2.24, 2.45) is 0 Å². The average Bonchev–Trinajstić information content (AvgIpc) is 2.84. The van der Waals surface area contributed by atoms with Gasteiger partial charge in [-0.3, -0.25) is 0 Å². The van der Waals surface area contributed by atoms with Crippen LogP contribution in [0.2, 0.25) is 0 Å². The Morgan fingerprint density at radius 1 is 1.00 bits per heavy atom. The highest BCUT2D eigenvalue weighted by molar-refractivity contribution is 5.83. The molecule has 2 aliphatic carbocycles. The van der Waals surface area contributed by atoms with Crippen LogP contribution in [0.15, 0.2) is 24.4 Å². The Morgan fingerprint density at radius 2 is 1.72 bits per heavy atom. The summed E-state index contributed by atoms with van der Waals surface area (Å²) in [6, 6.07) is 5.87. The van der Waals surface area contributed by atoms with Crippen LogP contribution in [0.25, 0.3) is 11.1 Å². The molecule has 4 aliphatic rings. The van der Waals surface area contributed by atoms with Crippen LogP contribution < -0.4 is 15.1 Å². The number of alkyl halides is 2. The molecule has 0 amide bonds. The minimum Gasteiger partial charge on any atom is -0.393 e. The number of aliphatic hydroxyl groups is 2. The SMILES string of the molecule is CN1CCN(c2ccc3c(c2)C(O)N(C2CCC(O)CC2)c2nc(NC4CC(F)(F)C4)ncc2-3)CC1. The van der Waals surface area contributed by atoms with Crippen molar-refractivity contribution in [3.8, 4) is 11.1 Å². The molecule has 36 heavy (non-hydrogen) atoms. The Labute approximate surface area is 209 Å². The maximum Gasteiger partial charge on any atom is 0.252 e. The number of nitrogens with zero attached hydrogens (tertiary/aromatic N) is 5. The fourth-order valence-corrected chi connectivity index (χ4v) is 6.02. The summed E-state index contributed by atoms with van der Waals surface area (Å²) in [7, 11) is 2.13. The number of piperazine rings is 1. The van der Waals surface area contributed by atoms with Crippen molar-refractivity contribution in [3.05, 3.63) is 30.0 Å². The topological polar surface area (TPSA) is 88.0 Å². The molecule has 1 unspecified atom stereocenters. The Bertz CT molecular complexity index is 1110. The van der Waals surface area contributed by atoms with Gasteiger partial charge < -0.3 is 30.2 Å². The molecule has 3 fully saturated rings. The monoisotopic (exact) mass is 500 g/mol. The van der Waals surface area contributed by atoms with E-state index in [1.807, 2.05) is 11.0 Å². The third kappa shape index (κ3) is 4.39. The van der Waals surface area contributed by atoms with Crippen molar-refractivity contribution >= 4 is 17.5 Å². The number of rotatable bonds is 4. The number of aliphatic hydroxyl groups excluding tert-OH is 2. The first kappa shape index (κ1) is 23.8. The summed E-state index contributed by atoms with van der Waals surface area (Å²) in [5.41, 5.74) is 3.64. The standard InChI is InChI=1S/C26H34F2N6O2/c1-32-8-10-33(11-9-32)18-4-7-20-21(12-18)24(36)34(17-2-5-19(35)6-3-17)23-22(20)15-29-25(31-23)30-16-13-26(27,28)14-16/h4,7,12,15-17,19,24,35-36H,2-3,5-6,8-11,13-14H2,1H3,(H,29,30,31). The van der Waals surface area contributed by atoms with Crippen LogP contribution in [0.4, 0.5) is 26.2 Å². The van der Waals surface area contributed by atoms with Gasteiger partial charge in [-0.25, -0.2) is 13.8 Å². The Balaban J connectivity index is 1.35. The molecule has 2 saturated carbocycles. The van der Waals surface area contributed by atoms with E-state index >= 15 is 0 Å². The van der Waals surface area contributed by atoms with E-state index < -0.39 is 12.2 Å². The van der Waals surface area contributed by atoms with Crippen LogP contribution >= 0.6 is 0 Å². The second-order valence-electron chi connectivity index (χ2n) is 10.8. The first-order valence-corrected chi connectivity index (χ1v) is 13.0. The van der Waals surface area contributed by atoms with Crippen LogP contribution in [-0.4, -0.2) is 82.4 Å². The highest BCUT2D eigenvalue weighted by Gasteiger charge is 2.46. The van der Waals surface area contributed by atoms with Crippen molar-refractivity contribution in [1.29, 1.82) is 0 Å². The molecule has 3 N–H and O–H groups in total. The molecular formula is C26H34F2N6O2. The molecule has 0 bridgehead atoms. The van der Waals surface area contributed by atoms with Crippen molar-refractivity contribution in [2.45, 2.75) is 68.9 Å². The molecule has 2 aliphatic heterocycles. The zero-order valence-corrected chi connectivity index (χ0v) is 20.6. The largest absolute Gasteiger partial charge is 0.393 e. The lowest BCUT2D eigenvalue weighted by Gasteiger charge is -2.44. The zero-order chi connectivity index (χ0) is 25.0. The van der Waals surface area contributed by atoms with Crippen LogP contribution in [0, 0.1) is 0 Å². The maximum absolute atomic E-state index is 13.4. The number of hydrogen-bond donors (Lipinski definition) is 3. The third-order valence-corrected chi connectivity index (χ3v) is 8.23. The molecular weight excluding hydrogens is 466 g/mol. The van der Waals surface area contributed by atoms with E-state index in [9.17, 15) is 19.0 Å². The molecule has 1 atom stereocenters. The van der Waals surface area contributed by atoms with Crippen molar-refractivity contribution in [1.82, 2.24) is 14.9 Å². The second kappa shape index (κ2) is 9.08. The molecule has 1 saturated heterocycles. The molecule has 0 radical (unpaired) electrons. The molecule has 10 heteroatoms. The number of anilines is 3. The lowest BCUT2D eigenvalue weighted by molar-refractivity contribution is -0.0794. The van der Waals surface area contributed by atoms with Crippen LogP contribution in [0.3, 0.4) is 0 Å². The lowest BCUT2D eigenvalue weighted by Crippen LogP contribution is -2.46. The number of halogens is 2. The summed E-state index contributed by atoms with van der Waals surface area (Å²) in [5.74, 6) is -1.70. The van der Waals surface area contributed by atoms with Crippen LogP contribution in [-0.2, 0) is 0 Å². The Morgan fingerprint density at radius 3 is 2.42 bits per heavy atom. The van der Waals surface area contributed by atoms with Gasteiger partial charge in [-0.15, -0.1) is 0 Å². The van der Waals surface area contributed by atoms with E-state index in [0.717, 1.165) is 61.4 Å². The predicted octanol–water partition coefficient (Wildman–Crippen LogP) is 3.22. The van der Waals surface area contributed by atoms with Gasteiger partial charge in [0.1, 0.15) is 5.82 Å². The highest BCUT2D eigenvalue weighted by Crippen LogP contribution is 2.47. The van der Waals surface area contributed by atoms with Gasteiger partial charge in [0.05, 0.1) is 6.10 Å². The van der Waals surface area contributed by atoms with E-state index in [2.05, 4.69) is 39.3 Å². The number of hydrogen-bond acceptors (Lipinski definition) is 8. The van der Waals surface area contributed by atoms with Gasteiger partial charge in [-0.2, -0.15) is 4.98 Å². The van der Waals surface area contributed by atoms with Crippen molar-refractivity contribution < 1.29 is 19.0 Å². The predicted molar refractivity (Wildman–Crippen MR) is 134 cm³/mol. The quantitative estimate of drug-likeness (QED) is 0.590. The van der Waals surface area contributed by atoms with Gasteiger partial charge in [0.2, 0.25) is 5.95 Å². The summed E-state index contributed by atoms with van der Waals surface area (Å²) in [6.45, 7) is 3.86. The van der Waals surface area contributed by atoms with E-state index in [4.69, 9.17) is 4.98 Å². The first-order chi connectivity index (χ1) is 17.3. The normalized spacial score (nSPS) is 28.3. The molecule has 194 valence electrons.